The van der Waals surface area contributed by atoms with Crippen LogP contribution in [0, 0.1) is 0 Å². The minimum absolute atomic E-state index is 0.0445. The Morgan fingerprint density at radius 3 is 1.94 bits per heavy atom. The summed E-state index contributed by atoms with van der Waals surface area (Å²) in [5, 5.41) is 25.9. The molecule has 188 valence electrons. The number of hydrogen-bond donors (Lipinski definition) is 7. The number of amides is 3. The number of carboxylic acid groups (broad SMARTS) is 1. The molecule has 0 fully saturated rings. The number of aliphatic carboxylic acids is 1. The summed E-state index contributed by atoms with van der Waals surface area (Å²) in [5.74, 6) is -3.24. The predicted octanol–water partition coefficient (Wildman–Crippen LogP) is -0.00660. The van der Waals surface area contributed by atoms with Crippen molar-refractivity contribution in [3.63, 3.8) is 0 Å². The minimum Gasteiger partial charge on any atom is -0.508 e. The van der Waals surface area contributed by atoms with Crippen LogP contribution in [0.25, 0.3) is 0 Å². The fourth-order valence-electron chi connectivity index (χ4n) is 3.16. The number of phenolic OH excluding ortho intramolecular Hbond substituents is 1. The smallest absolute Gasteiger partial charge is 0.325 e. The summed E-state index contributed by atoms with van der Waals surface area (Å²) in [7, 11) is 0. The van der Waals surface area contributed by atoms with Gasteiger partial charge in [0.2, 0.25) is 17.7 Å². The second kappa shape index (κ2) is 13.4. The minimum atomic E-state index is -1.23. The molecule has 0 bridgehead atoms. The lowest BCUT2D eigenvalue weighted by Crippen LogP contribution is -2.58. The zero-order valence-corrected chi connectivity index (χ0v) is 20.1. The molecule has 10 nitrogen and oxygen atoms in total. The van der Waals surface area contributed by atoms with Crippen molar-refractivity contribution in [2.45, 2.75) is 43.9 Å². The average Bonchev–Trinajstić information content (AvgIpc) is 2.83. The maximum atomic E-state index is 13.1. The molecule has 2 aromatic carbocycles. The van der Waals surface area contributed by atoms with E-state index in [2.05, 4.69) is 28.6 Å². The molecule has 0 aliphatic rings. The van der Waals surface area contributed by atoms with Crippen LogP contribution in [-0.4, -0.2) is 63.8 Å². The van der Waals surface area contributed by atoms with Crippen molar-refractivity contribution in [1.82, 2.24) is 16.0 Å². The fraction of sp³-hybridized carbons (Fsp3) is 0.333. The second-order valence-corrected chi connectivity index (χ2v) is 8.41. The Kier molecular flexibility index (Phi) is 10.6. The lowest BCUT2D eigenvalue weighted by Gasteiger charge is -2.24. The Labute approximate surface area is 208 Å². The molecule has 0 saturated carbocycles. The number of nitrogens with two attached hydrogens (primary N) is 1. The molecule has 4 atom stereocenters. The van der Waals surface area contributed by atoms with Crippen LogP contribution in [-0.2, 0) is 32.0 Å². The van der Waals surface area contributed by atoms with Gasteiger partial charge in [0.05, 0.1) is 6.04 Å². The highest BCUT2D eigenvalue weighted by Gasteiger charge is 2.29. The zero-order valence-electron chi connectivity index (χ0n) is 19.2. The van der Waals surface area contributed by atoms with E-state index in [4.69, 9.17) is 10.8 Å². The molecule has 0 spiro atoms. The summed E-state index contributed by atoms with van der Waals surface area (Å²) >= 11 is 4.08. The number of aromatic hydroxyl groups is 1. The Balaban J connectivity index is 2.14. The van der Waals surface area contributed by atoms with Gasteiger partial charge < -0.3 is 31.9 Å². The van der Waals surface area contributed by atoms with Crippen molar-refractivity contribution in [2.24, 2.45) is 5.73 Å². The summed E-state index contributed by atoms with van der Waals surface area (Å²) in [5.41, 5.74) is 7.56. The van der Waals surface area contributed by atoms with Crippen LogP contribution in [0.5, 0.6) is 5.75 Å². The lowest BCUT2D eigenvalue weighted by molar-refractivity contribution is -0.141. The molecule has 2 aromatic rings. The van der Waals surface area contributed by atoms with E-state index in [-0.39, 0.29) is 24.3 Å². The fourth-order valence-corrected chi connectivity index (χ4v) is 3.42. The zero-order chi connectivity index (χ0) is 26.0. The van der Waals surface area contributed by atoms with Gasteiger partial charge in [-0.05, 0) is 36.6 Å². The number of benzene rings is 2. The molecule has 7 N–H and O–H groups in total. The molecular formula is C24H30N4O6S. The van der Waals surface area contributed by atoms with Crippen LogP contribution in [0.3, 0.4) is 0 Å². The van der Waals surface area contributed by atoms with Gasteiger partial charge in [-0.3, -0.25) is 19.2 Å². The largest absolute Gasteiger partial charge is 0.508 e. The van der Waals surface area contributed by atoms with Crippen molar-refractivity contribution in [3.8, 4) is 5.75 Å². The summed E-state index contributed by atoms with van der Waals surface area (Å²) in [6.07, 6.45) is 0.317. The van der Waals surface area contributed by atoms with Gasteiger partial charge in [0, 0.05) is 12.2 Å². The van der Waals surface area contributed by atoms with E-state index in [1.54, 1.807) is 12.1 Å². The van der Waals surface area contributed by atoms with Gasteiger partial charge in [-0.1, -0.05) is 42.5 Å². The number of phenols is 1. The van der Waals surface area contributed by atoms with Crippen molar-refractivity contribution < 1.29 is 29.4 Å². The Morgan fingerprint density at radius 1 is 0.829 bits per heavy atom. The number of carboxylic acids is 1. The third-order valence-electron chi connectivity index (χ3n) is 5.19. The van der Waals surface area contributed by atoms with E-state index < -0.39 is 47.9 Å². The first-order chi connectivity index (χ1) is 16.6. The van der Waals surface area contributed by atoms with Crippen molar-refractivity contribution in [3.05, 3.63) is 65.7 Å². The SMILES string of the molecule is CC(NC(=O)C(CS)NC(=O)C(Cc1ccc(O)cc1)NC(=O)C(N)Cc1ccccc1)C(=O)O. The summed E-state index contributed by atoms with van der Waals surface area (Å²) in [6, 6.07) is 11.0. The second-order valence-electron chi connectivity index (χ2n) is 8.04. The van der Waals surface area contributed by atoms with E-state index in [9.17, 15) is 24.3 Å². The number of rotatable bonds is 12. The summed E-state index contributed by atoms with van der Waals surface area (Å²) in [6.45, 7) is 1.29. The normalized spacial score (nSPS) is 14.1. The molecule has 0 aliphatic carbocycles. The first kappa shape index (κ1) is 27.7. The van der Waals surface area contributed by atoms with Crippen LogP contribution in [0.4, 0.5) is 0 Å². The number of hydrogen-bond acceptors (Lipinski definition) is 7. The molecule has 2 rings (SSSR count). The molecule has 0 aliphatic heterocycles. The van der Waals surface area contributed by atoms with Gasteiger partial charge in [-0.25, -0.2) is 0 Å². The summed E-state index contributed by atoms with van der Waals surface area (Å²) < 4.78 is 0. The van der Waals surface area contributed by atoms with E-state index in [0.29, 0.717) is 5.56 Å². The van der Waals surface area contributed by atoms with Crippen LogP contribution in [0.1, 0.15) is 18.1 Å². The van der Waals surface area contributed by atoms with Crippen LogP contribution >= 0.6 is 12.6 Å². The molecule has 4 unspecified atom stereocenters. The van der Waals surface area contributed by atoms with Crippen molar-refractivity contribution >= 4 is 36.3 Å². The first-order valence-electron chi connectivity index (χ1n) is 10.9. The monoisotopic (exact) mass is 502 g/mol. The molecule has 0 saturated heterocycles. The molecule has 0 aromatic heterocycles. The molecule has 0 radical (unpaired) electrons. The Bertz CT molecular complexity index is 1020. The third-order valence-corrected chi connectivity index (χ3v) is 5.55. The van der Waals surface area contributed by atoms with Crippen LogP contribution < -0.4 is 21.7 Å². The number of carbonyl (C=O) groups excluding carboxylic acids is 3. The first-order valence-corrected chi connectivity index (χ1v) is 11.6. The van der Waals surface area contributed by atoms with E-state index in [1.807, 2.05) is 30.3 Å². The molecule has 0 heterocycles. The van der Waals surface area contributed by atoms with Crippen molar-refractivity contribution in [1.29, 1.82) is 0 Å². The highest BCUT2D eigenvalue weighted by molar-refractivity contribution is 7.80. The lowest BCUT2D eigenvalue weighted by atomic mass is 10.0. The number of thiol groups is 1. The van der Waals surface area contributed by atoms with E-state index >= 15 is 0 Å². The van der Waals surface area contributed by atoms with Gasteiger partial charge in [-0.2, -0.15) is 12.6 Å². The van der Waals surface area contributed by atoms with E-state index in [0.717, 1.165) is 5.56 Å². The topological polar surface area (TPSA) is 171 Å². The molecule has 11 heteroatoms. The quantitative estimate of drug-likeness (QED) is 0.200. The third kappa shape index (κ3) is 8.95. The predicted molar refractivity (Wildman–Crippen MR) is 133 cm³/mol. The number of nitrogens with one attached hydrogen (secondary N) is 3. The van der Waals surface area contributed by atoms with Crippen molar-refractivity contribution in [2.75, 3.05) is 5.75 Å². The molecule has 3 amide bonds. The highest BCUT2D eigenvalue weighted by atomic mass is 32.1. The molecular weight excluding hydrogens is 472 g/mol. The van der Waals surface area contributed by atoms with Gasteiger partial charge >= 0.3 is 5.97 Å². The maximum absolute atomic E-state index is 13.1. The van der Waals surface area contributed by atoms with Gasteiger partial charge in [0.1, 0.15) is 23.9 Å². The van der Waals surface area contributed by atoms with Gasteiger partial charge in [0.15, 0.2) is 0 Å². The van der Waals surface area contributed by atoms with Crippen LogP contribution in [0.15, 0.2) is 54.6 Å². The highest BCUT2D eigenvalue weighted by Crippen LogP contribution is 2.12. The average molecular weight is 503 g/mol. The van der Waals surface area contributed by atoms with Crippen LogP contribution in [0.2, 0.25) is 0 Å². The number of carbonyl (C=O) groups is 4. The van der Waals surface area contributed by atoms with E-state index in [1.165, 1.54) is 19.1 Å². The standard InChI is InChI=1S/C24H30N4O6S/c1-14(24(33)34)26-23(32)20(13-35)28-22(31)19(12-16-7-9-17(29)10-8-16)27-21(30)18(25)11-15-5-3-2-4-6-15/h2-10,14,18-20,29,35H,11-13,25H2,1H3,(H,26,32)(H,27,30)(H,28,31)(H,33,34). The van der Waals surface area contributed by atoms with Gasteiger partial charge in [0.25, 0.3) is 0 Å². The Hall–Kier alpha value is -3.57. The molecule has 35 heavy (non-hydrogen) atoms. The maximum Gasteiger partial charge on any atom is 0.325 e. The van der Waals surface area contributed by atoms with Gasteiger partial charge in [-0.15, -0.1) is 0 Å². The Morgan fingerprint density at radius 2 is 1.37 bits per heavy atom. The summed E-state index contributed by atoms with van der Waals surface area (Å²) in [4.78, 5) is 49.3.